The molecule has 3 aromatic carbocycles. The van der Waals surface area contributed by atoms with E-state index < -0.39 is 8.32 Å². The van der Waals surface area contributed by atoms with Crippen LogP contribution in [-0.2, 0) is 14.6 Å². The summed E-state index contributed by atoms with van der Waals surface area (Å²) in [4.78, 5) is 0. The summed E-state index contributed by atoms with van der Waals surface area (Å²) in [5, 5.41) is 1.32. The highest BCUT2D eigenvalue weighted by Crippen LogP contribution is 2.49. The summed E-state index contributed by atoms with van der Waals surface area (Å²) < 4.78 is 12.8. The third kappa shape index (κ3) is 3.24. The fourth-order valence-corrected chi connectivity index (χ4v) is 6.04. The Morgan fingerprint density at radius 1 is 0.714 bits per heavy atom. The van der Waals surface area contributed by atoms with E-state index >= 15 is 0 Å². The van der Waals surface area contributed by atoms with Crippen molar-refractivity contribution >= 4 is 13.5 Å². The van der Waals surface area contributed by atoms with Crippen molar-refractivity contribution in [3.63, 3.8) is 0 Å². The van der Waals surface area contributed by atoms with Crippen molar-refractivity contribution in [3.8, 4) is 11.1 Å². The molecule has 3 heteroatoms. The first kappa shape index (κ1) is 19.1. The molecule has 28 heavy (non-hydrogen) atoms. The van der Waals surface area contributed by atoms with E-state index in [-0.39, 0.29) is 5.41 Å². The summed E-state index contributed by atoms with van der Waals surface area (Å²) in [6, 6.07) is 28.1. The smallest absolute Gasteiger partial charge is 0.218 e. The fraction of sp³-hybridized carbons (Fsp3) is 0.280. The van der Waals surface area contributed by atoms with Gasteiger partial charge >= 0.3 is 0 Å². The molecule has 0 atom stereocenters. The Hall–Kier alpha value is -2.20. The molecule has 2 nitrogen and oxygen atoms in total. The maximum absolute atomic E-state index is 6.77. The molecule has 0 bridgehead atoms. The predicted octanol–water partition coefficient (Wildman–Crippen LogP) is 5.12. The standard InChI is InChI=1S/C25H28O2Si/c1-4-26-18-25(19-27-28(2,3)20-12-6-5-7-13-20)23-16-10-8-14-21(23)22-15-9-11-17-24(22)25/h5-17H,4,18-19H2,1-3H3. The lowest BCUT2D eigenvalue weighted by Gasteiger charge is -2.35. The lowest BCUT2D eigenvalue weighted by molar-refractivity contribution is 0.0826. The molecule has 1 aliphatic rings. The van der Waals surface area contributed by atoms with E-state index in [1.807, 2.05) is 0 Å². The summed E-state index contributed by atoms with van der Waals surface area (Å²) in [7, 11) is -2.03. The number of hydrogen-bond acceptors (Lipinski definition) is 2. The molecule has 0 unspecified atom stereocenters. The third-order valence-corrected chi connectivity index (χ3v) is 8.47. The van der Waals surface area contributed by atoms with Crippen LogP contribution in [0, 0.1) is 0 Å². The SMILES string of the molecule is CCOCC1(CO[Si](C)(C)c2ccccc2)c2ccccc2-c2ccccc21. The van der Waals surface area contributed by atoms with Crippen LogP contribution in [0.4, 0.5) is 0 Å². The van der Waals surface area contributed by atoms with Crippen molar-refractivity contribution in [2.45, 2.75) is 25.4 Å². The van der Waals surface area contributed by atoms with Gasteiger partial charge in [0.05, 0.1) is 18.6 Å². The Balaban J connectivity index is 1.76. The van der Waals surface area contributed by atoms with Crippen LogP contribution in [0.15, 0.2) is 78.9 Å². The van der Waals surface area contributed by atoms with Crippen molar-refractivity contribution in [2.75, 3.05) is 19.8 Å². The van der Waals surface area contributed by atoms with Gasteiger partial charge in [-0.3, -0.25) is 0 Å². The maximum atomic E-state index is 6.77. The predicted molar refractivity (Wildman–Crippen MR) is 119 cm³/mol. The van der Waals surface area contributed by atoms with Gasteiger partial charge in [-0.05, 0) is 47.5 Å². The van der Waals surface area contributed by atoms with E-state index in [0.29, 0.717) is 19.8 Å². The van der Waals surface area contributed by atoms with Gasteiger partial charge in [-0.2, -0.15) is 0 Å². The van der Waals surface area contributed by atoms with Crippen molar-refractivity contribution in [3.05, 3.63) is 90.0 Å². The Kier molecular flexibility index (Phi) is 5.24. The molecule has 0 saturated heterocycles. The average Bonchev–Trinajstić information content (AvgIpc) is 3.02. The number of rotatable bonds is 7. The van der Waals surface area contributed by atoms with Crippen LogP contribution in [0.2, 0.25) is 13.1 Å². The molecule has 0 heterocycles. The highest BCUT2D eigenvalue weighted by molar-refractivity contribution is 6.84. The van der Waals surface area contributed by atoms with Crippen molar-refractivity contribution in [1.29, 1.82) is 0 Å². The van der Waals surface area contributed by atoms with E-state index in [1.165, 1.54) is 27.4 Å². The van der Waals surface area contributed by atoms with Gasteiger partial charge in [0.15, 0.2) is 0 Å². The summed E-state index contributed by atoms with van der Waals surface area (Å²) in [5.41, 5.74) is 4.99. The molecule has 0 aliphatic heterocycles. The Bertz CT molecular complexity index is 904. The van der Waals surface area contributed by atoms with E-state index in [0.717, 1.165) is 0 Å². The molecule has 4 rings (SSSR count). The van der Waals surface area contributed by atoms with E-state index in [9.17, 15) is 0 Å². The van der Waals surface area contributed by atoms with Gasteiger partial charge in [-0.1, -0.05) is 78.9 Å². The lowest BCUT2D eigenvalue weighted by Crippen LogP contribution is -2.49. The van der Waals surface area contributed by atoms with Crippen molar-refractivity contribution in [2.24, 2.45) is 0 Å². The zero-order valence-electron chi connectivity index (χ0n) is 16.9. The summed E-state index contributed by atoms with van der Waals surface area (Å²) in [6.45, 7) is 8.59. The van der Waals surface area contributed by atoms with Crippen LogP contribution in [0.25, 0.3) is 11.1 Å². The second kappa shape index (κ2) is 7.67. The topological polar surface area (TPSA) is 18.5 Å². The molecule has 0 radical (unpaired) electrons. The maximum Gasteiger partial charge on any atom is 0.218 e. The van der Waals surface area contributed by atoms with Gasteiger partial charge in [0.1, 0.15) is 0 Å². The molecule has 0 spiro atoms. The van der Waals surface area contributed by atoms with Crippen LogP contribution in [-0.4, -0.2) is 28.1 Å². The average molecular weight is 389 g/mol. The largest absolute Gasteiger partial charge is 0.412 e. The van der Waals surface area contributed by atoms with Crippen LogP contribution in [0.3, 0.4) is 0 Å². The van der Waals surface area contributed by atoms with Crippen molar-refractivity contribution < 1.29 is 9.16 Å². The number of ether oxygens (including phenoxy) is 1. The second-order valence-electron chi connectivity index (χ2n) is 7.98. The zero-order valence-corrected chi connectivity index (χ0v) is 17.9. The van der Waals surface area contributed by atoms with Crippen LogP contribution in [0.1, 0.15) is 18.1 Å². The molecule has 1 aliphatic carbocycles. The van der Waals surface area contributed by atoms with E-state index in [2.05, 4.69) is 98.9 Å². The Morgan fingerprint density at radius 2 is 1.25 bits per heavy atom. The van der Waals surface area contributed by atoms with E-state index in [4.69, 9.17) is 9.16 Å². The first-order chi connectivity index (χ1) is 13.6. The molecule has 0 aromatic heterocycles. The minimum atomic E-state index is -2.03. The molecule has 0 fully saturated rings. The first-order valence-electron chi connectivity index (χ1n) is 10.0. The van der Waals surface area contributed by atoms with Gasteiger partial charge in [-0.15, -0.1) is 0 Å². The number of hydrogen-bond donors (Lipinski definition) is 0. The van der Waals surface area contributed by atoms with Crippen molar-refractivity contribution in [1.82, 2.24) is 0 Å². The van der Waals surface area contributed by atoms with Gasteiger partial charge < -0.3 is 9.16 Å². The molecule has 0 saturated carbocycles. The van der Waals surface area contributed by atoms with Crippen LogP contribution in [0.5, 0.6) is 0 Å². The quantitative estimate of drug-likeness (QED) is 0.523. The van der Waals surface area contributed by atoms with Gasteiger partial charge in [0.25, 0.3) is 0 Å². The molecule has 144 valence electrons. The Labute approximate surface area is 169 Å². The Morgan fingerprint density at radius 3 is 1.82 bits per heavy atom. The second-order valence-corrected chi connectivity index (χ2v) is 11.9. The first-order valence-corrected chi connectivity index (χ1v) is 13.0. The van der Waals surface area contributed by atoms with E-state index in [1.54, 1.807) is 0 Å². The minimum Gasteiger partial charge on any atom is -0.412 e. The van der Waals surface area contributed by atoms with Gasteiger partial charge in [-0.25, -0.2) is 0 Å². The van der Waals surface area contributed by atoms with Gasteiger partial charge in [0.2, 0.25) is 8.32 Å². The number of benzene rings is 3. The summed E-state index contributed by atoms with van der Waals surface area (Å²) in [6.07, 6.45) is 0. The zero-order chi connectivity index (χ0) is 19.6. The lowest BCUT2D eigenvalue weighted by atomic mass is 9.79. The molecular formula is C25H28O2Si. The molecule has 3 aromatic rings. The normalized spacial score (nSPS) is 14.5. The highest BCUT2D eigenvalue weighted by atomic mass is 28.4. The molecule has 0 N–H and O–H groups in total. The number of fused-ring (bicyclic) bond motifs is 3. The van der Waals surface area contributed by atoms with Crippen LogP contribution >= 0.6 is 0 Å². The van der Waals surface area contributed by atoms with Crippen LogP contribution < -0.4 is 5.19 Å². The fourth-order valence-electron chi connectivity index (χ4n) is 4.27. The molecular weight excluding hydrogens is 360 g/mol. The minimum absolute atomic E-state index is 0.262. The van der Waals surface area contributed by atoms with Gasteiger partial charge in [0, 0.05) is 6.61 Å². The summed E-state index contributed by atoms with van der Waals surface area (Å²) in [5.74, 6) is 0. The third-order valence-electron chi connectivity index (χ3n) is 5.88. The molecule has 0 amide bonds. The monoisotopic (exact) mass is 388 g/mol. The highest BCUT2D eigenvalue weighted by Gasteiger charge is 2.45. The summed E-state index contributed by atoms with van der Waals surface area (Å²) >= 11 is 0.